The first-order chi connectivity index (χ1) is 11.0. The van der Waals surface area contributed by atoms with Crippen molar-refractivity contribution in [3.8, 4) is 0 Å². The van der Waals surface area contributed by atoms with Crippen molar-refractivity contribution in [1.82, 2.24) is 15.1 Å². The summed E-state index contributed by atoms with van der Waals surface area (Å²) in [6.45, 7) is 2.11. The number of imide groups is 1. The molecule has 2 fully saturated rings. The Bertz CT molecular complexity index is 663. The fourth-order valence-corrected chi connectivity index (χ4v) is 2.67. The highest BCUT2D eigenvalue weighted by molar-refractivity contribution is 6.03. The Morgan fingerprint density at radius 2 is 1.83 bits per heavy atom. The van der Waals surface area contributed by atoms with Crippen LogP contribution in [0.5, 0.6) is 0 Å². The lowest BCUT2D eigenvalue weighted by Gasteiger charge is -2.42. The van der Waals surface area contributed by atoms with Crippen LogP contribution < -0.4 is 10.6 Å². The fourth-order valence-electron chi connectivity index (χ4n) is 2.67. The maximum Gasteiger partial charge on any atom is 0.324 e. The van der Waals surface area contributed by atoms with Crippen molar-refractivity contribution < 1.29 is 19.2 Å². The summed E-state index contributed by atoms with van der Waals surface area (Å²) in [6.07, 6.45) is 0. The van der Waals surface area contributed by atoms with Gasteiger partial charge in [0.05, 0.1) is 12.6 Å². The molecule has 2 aliphatic heterocycles. The highest BCUT2D eigenvalue weighted by Crippen LogP contribution is 2.21. The van der Waals surface area contributed by atoms with Gasteiger partial charge >= 0.3 is 6.03 Å². The molecule has 0 spiro atoms. The molecule has 0 aliphatic carbocycles. The summed E-state index contributed by atoms with van der Waals surface area (Å²) in [5, 5.41) is 5.10. The lowest BCUT2D eigenvalue weighted by molar-refractivity contribution is -0.128. The third-order valence-electron chi connectivity index (χ3n) is 3.85. The van der Waals surface area contributed by atoms with Gasteiger partial charge in [0.25, 0.3) is 5.91 Å². The van der Waals surface area contributed by atoms with Crippen molar-refractivity contribution >= 4 is 29.4 Å². The van der Waals surface area contributed by atoms with Crippen molar-refractivity contribution in [2.24, 2.45) is 0 Å². The first-order valence-corrected chi connectivity index (χ1v) is 7.22. The topological polar surface area (TPSA) is 98.8 Å². The second kappa shape index (κ2) is 5.71. The van der Waals surface area contributed by atoms with Crippen LogP contribution in [-0.2, 0) is 9.59 Å². The lowest BCUT2D eigenvalue weighted by Crippen LogP contribution is -2.62. The van der Waals surface area contributed by atoms with E-state index in [9.17, 15) is 19.2 Å². The van der Waals surface area contributed by atoms with E-state index in [0.717, 1.165) is 0 Å². The Hall–Kier alpha value is -2.90. The summed E-state index contributed by atoms with van der Waals surface area (Å²) in [5.74, 6) is -0.599. The average Bonchev–Trinajstić information content (AvgIpc) is 2.78. The third-order valence-corrected chi connectivity index (χ3v) is 3.85. The number of rotatable bonds is 3. The fraction of sp³-hybridized carbons (Fsp3) is 0.333. The largest absolute Gasteiger partial charge is 0.334 e. The van der Waals surface area contributed by atoms with E-state index in [-0.39, 0.29) is 30.3 Å². The minimum Gasteiger partial charge on any atom is -0.334 e. The Balaban J connectivity index is 1.59. The van der Waals surface area contributed by atoms with Gasteiger partial charge in [0.15, 0.2) is 0 Å². The van der Waals surface area contributed by atoms with Gasteiger partial charge in [-0.2, -0.15) is 0 Å². The molecule has 0 unspecified atom stereocenters. The summed E-state index contributed by atoms with van der Waals surface area (Å²) < 4.78 is 0. The molecule has 5 amide bonds. The van der Waals surface area contributed by atoms with Crippen LogP contribution in [0.1, 0.15) is 17.3 Å². The number of likely N-dealkylation sites (tertiary alicyclic amines) is 1. The Morgan fingerprint density at radius 3 is 2.35 bits per heavy atom. The van der Waals surface area contributed by atoms with Crippen LogP contribution in [0.2, 0.25) is 0 Å². The van der Waals surface area contributed by atoms with Gasteiger partial charge in [-0.25, -0.2) is 4.79 Å². The predicted molar refractivity (Wildman–Crippen MR) is 80.7 cm³/mol. The van der Waals surface area contributed by atoms with Crippen LogP contribution in [0.25, 0.3) is 0 Å². The van der Waals surface area contributed by atoms with Crippen molar-refractivity contribution in [3.05, 3.63) is 29.8 Å². The van der Waals surface area contributed by atoms with E-state index in [0.29, 0.717) is 24.3 Å². The van der Waals surface area contributed by atoms with E-state index in [4.69, 9.17) is 0 Å². The molecule has 1 aromatic rings. The van der Waals surface area contributed by atoms with E-state index in [1.54, 1.807) is 29.2 Å². The number of benzene rings is 1. The molecule has 120 valence electrons. The number of nitrogens with zero attached hydrogens (tertiary/aromatic N) is 2. The summed E-state index contributed by atoms with van der Waals surface area (Å²) in [5.41, 5.74) is 1.12. The van der Waals surface area contributed by atoms with Gasteiger partial charge in [-0.05, 0) is 24.3 Å². The van der Waals surface area contributed by atoms with E-state index in [1.807, 2.05) is 0 Å². The quantitative estimate of drug-likeness (QED) is 0.768. The zero-order valence-electron chi connectivity index (χ0n) is 12.5. The van der Waals surface area contributed by atoms with Gasteiger partial charge in [0, 0.05) is 31.3 Å². The first-order valence-electron chi connectivity index (χ1n) is 7.22. The predicted octanol–water partition coefficient (Wildman–Crippen LogP) is 0.0212. The Labute approximate surface area is 132 Å². The molecule has 0 radical (unpaired) electrons. The average molecular weight is 316 g/mol. The van der Waals surface area contributed by atoms with Crippen LogP contribution in [0.15, 0.2) is 24.3 Å². The highest BCUT2D eigenvalue weighted by Gasteiger charge is 2.42. The SMILES string of the molecule is CC(=O)Nc1ccc(C(=O)N2CC(N3C(=O)CNC3=O)C2)cc1. The number of carbonyl (C=O) groups is 4. The molecule has 3 rings (SSSR count). The molecule has 0 saturated carbocycles. The standard InChI is InChI=1S/C15H16N4O4/c1-9(20)17-11-4-2-10(3-5-11)14(22)18-7-12(8-18)19-13(21)6-16-15(19)23/h2-5,12H,6-8H2,1H3,(H,16,23)(H,17,20). The van der Waals surface area contributed by atoms with Crippen LogP contribution in [0, 0.1) is 0 Å². The summed E-state index contributed by atoms with van der Waals surface area (Å²) in [4.78, 5) is 49.2. The molecular weight excluding hydrogens is 300 g/mol. The summed E-state index contributed by atoms with van der Waals surface area (Å²) >= 11 is 0. The van der Waals surface area contributed by atoms with E-state index < -0.39 is 6.03 Å². The van der Waals surface area contributed by atoms with Crippen molar-refractivity contribution in [2.45, 2.75) is 13.0 Å². The maximum absolute atomic E-state index is 12.3. The number of amides is 5. The second-order valence-corrected chi connectivity index (χ2v) is 5.54. The summed E-state index contributed by atoms with van der Waals surface area (Å²) in [7, 11) is 0. The van der Waals surface area contributed by atoms with Gasteiger partial charge in [-0.3, -0.25) is 19.3 Å². The van der Waals surface area contributed by atoms with Crippen LogP contribution >= 0.6 is 0 Å². The number of hydrogen-bond donors (Lipinski definition) is 2. The monoisotopic (exact) mass is 316 g/mol. The molecule has 23 heavy (non-hydrogen) atoms. The number of hydrogen-bond acceptors (Lipinski definition) is 4. The molecule has 8 nitrogen and oxygen atoms in total. The molecule has 8 heteroatoms. The molecular formula is C15H16N4O4. The molecule has 2 aliphatic rings. The van der Waals surface area contributed by atoms with E-state index in [2.05, 4.69) is 10.6 Å². The minimum atomic E-state index is -0.397. The van der Waals surface area contributed by atoms with Gasteiger partial charge in [-0.15, -0.1) is 0 Å². The number of anilines is 1. The first kappa shape index (κ1) is 15.0. The van der Waals surface area contributed by atoms with E-state index >= 15 is 0 Å². The van der Waals surface area contributed by atoms with Crippen molar-refractivity contribution in [2.75, 3.05) is 25.0 Å². The molecule has 0 atom stereocenters. The number of carbonyl (C=O) groups excluding carboxylic acids is 4. The Morgan fingerprint density at radius 1 is 1.17 bits per heavy atom. The van der Waals surface area contributed by atoms with Crippen molar-refractivity contribution in [1.29, 1.82) is 0 Å². The Kier molecular flexibility index (Phi) is 3.73. The maximum atomic E-state index is 12.3. The minimum absolute atomic E-state index is 0.0217. The van der Waals surface area contributed by atoms with Gasteiger partial charge in [0.1, 0.15) is 0 Å². The molecule has 0 aromatic heterocycles. The molecule has 0 bridgehead atoms. The third kappa shape index (κ3) is 2.87. The van der Waals surface area contributed by atoms with Gasteiger partial charge < -0.3 is 15.5 Å². The van der Waals surface area contributed by atoms with Gasteiger partial charge in [0.2, 0.25) is 11.8 Å². The van der Waals surface area contributed by atoms with Crippen LogP contribution in [-0.4, -0.2) is 59.2 Å². The second-order valence-electron chi connectivity index (χ2n) is 5.54. The number of nitrogens with one attached hydrogen (secondary N) is 2. The highest BCUT2D eigenvalue weighted by atomic mass is 16.2. The molecule has 2 saturated heterocycles. The molecule has 1 aromatic carbocycles. The normalized spacial score (nSPS) is 17.8. The summed E-state index contributed by atoms with van der Waals surface area (Å²) in [6, 6.07) is 5.93. The van der Waals surface area contributed by atoms with E-state index in [1.165, 1.54) is 11.8 Å². The zero-order chi connectivity index (χ0) is 16.6. The van der Waals surface area contributed by atoms with Crippen LogP contribution in [0.4, 0.5) is 10.5 Å². The number of urea groups is 1. The smallest absolute Gasteiger partial charge is 0.324 e. The molecule has 2 N–H and O–H groups in total. The van der Waals surface area contributed by atoms with Gasteiger partial charge in [-0.1, -0.05) is 0 Å². The lowest BCUT2D eigenvalue weighted by atomic mass is 10.0. The van der Waals surface area contributed by atoms with Crippen molar-refractivity contribution in [3.63, 3.8) is 0 Å². The van der Waals surface area contributed by atoms with Crippen LogP contribution in [0.3, 0.4) is 0 Å². The zero-order valence-corrected chi connectivity index (χ0v) is 12.5. The molecule has 2 heterocycles.